The van der Waals surface area contributed by atoms with Crippen LogP contribution in [0.2, 0.25) is 0 Å². The van der Waals surface area contributed by atoms with Crippen LogP contribution in [0.3, 0.4) is 0 Å². The minimum atomic E-state index is -0.245. The third-order valence-electron chi connectivity index (χ3n) is 2.98. The van der Waals surface area contributed by atoms with Crippen molar-refractivity contribution >= 4 is 27.3 Å². The van der Waals surface area contributed by atoms with Gasteiger partial charge in [-0.3, -0.25) is 0 Å². The van der Waals surface area contributed by atoms with Crippen molar-refractivity contribution in [2.45, 2.75) is 26.8 Å². The van der Waals surface area contributed by atoms with Crippen LogP contribution in [0.1, 0.15) is 34.1 Å². The summed E-state index contributed by atoms with van der Waals surface area (Å²) in [6, 6.07) is 5.12. The van der Waals surface area contributed by atoms with E-state index < -0.39 is 0 Å². The molecule has 19 heavy (non-hydrogen) atoms. The summed E-state index contributed by atoms with van der Waals surface area (Å²) >= 11 is 4.92. The highest BCUT2D eigenvalue weighted by molar-refractivity contribution is 9.10. The van der Waals surface area contributed by atoms with Crippen molar-refractivity contribution in [2.75, 3.05) is 6.54 Å². The van der Waals surface area contributed by atoms with Crippen molar-refractivity contribution in [1.82, 2.24) is 10.3 Å². The van der Waals surface area contributed by atoms with E-state index in [1.807, 2.05) is 13.0 Å². The largest absolute Gasteiger partial charge is 0.305 e. The summed E-state index contributed by atoms with van der Waals surface area (Å²) in [6.45, 7) is 6.97. The molecule has 1 aromatic carbocycles. The smallest absolute Gasteiger partial charge is 0.137 e. The maximum Gasteiger partial charge on any atom is 0.137 e. The molecule has 0 aliphatic rings. The van der Waals surface area contributed by atoms with E-state index in [1.54, 1.807) is 17.4 Å². The first-order valence-corrected chi connectivity index (χ1v) is 7.76. The molecule has 1 heterocycles. The molecule has 2 rings (SSSR count). The molecular formula is C14H16BrFN2S. The number of halogens is 2. The minimum absolute atomic E-state index is 0.0132. The van der Waals surface area contributed by atoms with Gasteiger partial charge in [0, 0.05) is 4.88 Å². The lowest BCUT2D eigenvalue weighted by Crippen LogP contribution is -2.22. The lowest BCUT2D eigenvalue weighted by Gasteiger charge is -2.16. The standard InChI is InChI=1S/C14H16BrFN2S/c1-4-17-13(14-18-8(2)9(3)19-14)10-5-6-12(16)11(15)7-10/h5-7,13,17H,4H2,1-3H3. The van der Waals surface area contributed by atoms with E-state index in [2.05, 4.69) is 40.1 Å². The van der Waals surface area contributed by atoms with Crippen molar-refractivity contribution in [3.63, 3.8) is 0 Å². The van der Waals surface area contributed by atoms with E-state index in [1.165, 1.54) is 10.9 Å². The van der Waals surface area contributed by atoms with Crippen molar-refractivity contribution in [2.24, 2.45) is 0 Å². The zero-order valence-electron chi connectivity index (χ0n) is 11.1. The second kappa shape index (κ2) is 6.11. The van der Waals surface area contributed by atoms with E-state index >= 15 is 0 Å². The van der Waals surface area contributed by atoms with Gasteiger partial charge in [-0.2, -0.15) is 0 Å². The maximum absolute atomic E-state index is 13.3. The number of rotatable bonds is 4. The van der Waals surface area contributed by atoms with Gasteiger partial charge in [0.25, 0.3) is 0 Å². The topological polar surface area (TPSA) is 24.9 Å². The quantitative estimate of drug-likeness (QED) is 0.892. The van der Waals surface area contributed by atoms with Gasteiger partial charge in [0.05, 0.1) is 16.2 Å². The predicted octanol–water partition coefficient (Wildman–Crippen LogP) is 4.36. The van der Waals surface area contributed by atoms with Crippen LogP contribution in [-0.4, -0.2) is 11.5 Å². The van der Waals surface area contributed by atoms with Crippen molar-refractivity contribution < 1.29 is 4.39 Å². The number of nitrogens with one attached hydrogen (secondary N) is 1. The molecule has 0 aliphatic heterocycles. The monoisotopic (exact) mass is 342 g/mol. The molecule has 102 valence electrons. The summed E-state index contributed by atoms with van der Waals surface area (Å²) in [5.74, 6) is -0.245. The second-order valence-corrected chi connectivity index (χ2v) is 6.45. The summed E-state index contributed by atoms with van der Waals surface area (Å²) < 4.78 is 13.8. The molecular weight excluding hydrogens is 327 g/mol. The molecule has 0 radical (unpaired) electrons. The number of thiazole rings is 1. The summed E-state index contributed by atoms with van der Waals surface area (Å²) in [7, 11) is 0. The Labute approximate surface area is 125 Å². The zero-order chi connectivity index (χ0) is 14.0. The van der Waals surface area contributed by atoms with Crippen molar-refractivity contribution in [3.05, 3.63) is 49.6 Å². The third-order valence-corrected chi connectivity index (χ3v) is 4.72. The van der Waals surface area contributed by atoms with Gasteiger partial charge in [0.1, 0.15) is 10.8 Å². The Morgan fingerprint density at radius 1 is 1.42 bits per heavy atom. The first-order valence-electron chi connectivity index (χ1n) is 6.15. The van der Waals surface area contributed by atoms with Crippen LogP contribution in [0, 0.1) is 19.7 Å². The van der Waals surface area contributed by atoms with Gasteiger partial charge in [-0.1, -0.05) is 13.0 Å². The Hall–Kier alpha value is -0.780. The van der Waals surface area contributed by atoms with Crippen LogP contribution in [0.25, 0.3) is 0 Å². The SMILES string of the molecule is CCNC(c1ccc(F)c(Br)c1)c1nc(C)c(C)s1. The van der Waals surface area contributed by atoms with Gasteiger partial charge in [-0.25, -0.2) is 9.37 Å². The van der Waals surface area contributed by atoms with E-state index in [-0.39, 0.29) is 11.9 Å². The van der Waals surface area contributed by atoms with Gasteiger partial charge in [-0.15, -0.1) is 11.3 Å². The van der Waals surface area contributed by atoms with E-state index in [9.17, 15) is 4.39 Å². The molecule has 0 bridgehead atoms. The van der Waals surface area contributed by atoms with Crippen LogP contribution in [0.15, 0.2) is 22.7 Å². The second-order valence-electron chi connectivity index (χ2n) is 4.36. The molecule has 2 nitrogen and oxygen atoms in total. The summed E-state index contributed by atoms with van der Waals surface area (Å²) in [5.41, 5.74) is 2.08. The molecule has 2 aromatic rings. The molecule has 0 aliphatic carbocycles. The van der Waals surface area contributed by atoms with Crippen LogP contribution in [-0.2, 0) is 0 Å². The molecule has 5 heteroatoms. The highest BCUT2D eigenvalue weighted by Gasteiger charge is 2.18. The zero-order valence-corrected chi connectivity index (χ0v) is 13.5. The minimum Gasteiger partial charge on any atom is -0.305 e. The number of aromatic nitrogens is 1. The Morgan fingerprint density at radius 3 is 2.68 bits per heavy atom. The number of nitrogens with zero attached hydrogens (tertiary/aromatic N) is 1. The van der Waals surface area contributed by atoms with Crippen LogP contribution >= 0.6 is 27.3 Å². The Morgan fingerprint density at radius 2 is 2.16 bits per heavy atom. The number of aryl methyl sites for hydroxylation is 2. The first kappa shape index (κ1) is 14.6. The normalized spacial score (nSPS) is 12.7. The van der Waals surface area contributed by atoms with Crippen molar-refractivity contribution in [1.29, 1.82) is 0 Å². The highest BCUT2D eigenvalue weighted by atomic mass is 79.9. The number of hydrogen-bond acceptors (Lipinski definition) is 3. The molecule has 0 saturated carbocycles. The molecule has 1 N–H and O–H groups in total. The molecule has 0 fully saturated rings. The van der Waals surface area contributed by atoms with E-state index in [4.69, 9.17) is 0 Å². The van der Waals surface area contributed by atoms with Gasteiger partial charge in [0.2, 0.25) is 0 Å². The van der Waals surface area contributed by atoms with Gasteiger partial charge >= 0.3 is 0 Å². The lowest BCUT2D eigenvalue weighted by molar-refractivity contribution is 0.607. The molecule has 0 spiro atoms. The van der Waals surface area contributed by atoms with Crippen LogP contribution < -0.4 is 5.32 Å². The molecule has 0 saturated heterocycles. The average Bonchev–Trinajstić information content (AvgIpc) is 2.70. The van der Waals surface area contributed by atoms with E-state index in [0.717, 1.165) is 22.8 Å². The summed E-state index contributed by atoms with van der Waals surface area (Å²) in [4.78, 5) is 5.83. The predicted molar refractivity (Wildman–Crippen MR) is 81.2 cm³/mol. The fraction of sp³-hybridized carbons (Fsp3) is 0.357. The Bertz CT molecular complexity index is 563. The van der Waals surface area contributed by atoms with Gasteiger partial charge in [-0.05, 0) is 54.0 Å². The third kappa shape index (κ3) is 3.22. The van der Waals surface area contributed by atoms with Crippen LogP contribution in [0.4, 0.5) is 4.39 Å². The van der Waals surface area contributed by atoms with Crippen molar-refractivity contribution in [3.8, 4) is 0 Å². The summed E-state index contributed by atoms with van der Waals surface area (Å²) in [5, 5.41) is 4.43. The van der Waals surface area contributed by atoms with Gasteiger partial charge < -0.3 is 5.32 Å². The lowest BCUT2D eigenvalue weighted by atomic mass is 10.1. The number of hydrogen-bond donors (Lipinski definition) is 1. The summed E-state index contributed by atoms with van der Waals surface area (Å²) in [6.07, 6.45) is 0. The van der Waals surface area contributed by atoms with Crippen LogP contribution in [0.5, 0.6) is 0 Å². The Kier molecular flexibility index (Phi) is 4.71. The first-order chi connectivity index (χ1) is 9.02. The molecule has 1 atom stereocenters. The maximum atomic E-state index is 13.3. The Balaban J connectivity index is 2.41. The molecule has 1 aromatic heterocycles. The average molecular weight is 343 g/mol. The fourth-order valence-electron chi connectivity index (χ4n) is 1.86. The highest BCUT2D eigenvalue weighted by Crippen LogP contribution is 2.30. The van der Waals surface area contributed by atoms with Gasteiger partial charge in [0.15, 0.2) is 0 Å². The van der Waals surface area contributed by atoms with E-state index in [0.29, 0.717) is 4.47 Å². The molecule has 0 amide bonds. The fourth-order valence-corrected chi connectivity index (χ4v) is 3.29. The number of benzene rings is 1. The molecule has 1 unspecified atom stereocenters.